The van der Waals surface area contributed by atoms with E-state index in [1.807, 2.05) is 61.0 Å². The highest BCUT2D eigenvalue weighted by Gasteiger charge is 2.12. The summed E-state index contributed by atoms with van der Waals surface area (Å²) in [5.74, 6) is 2.52. The van der Waals surface area contributed by atoms with Gasteiger partial charge in [0.05, 0.1) is 23.7 Å². The van der Waals surface area contributed by atoms with Crippen molar-refractivity contribution in [2.24, 2.45) is 7.05 Å². The predicted molar refractivity (Wildman–Crippen MR) is 114 cm³/mol. The molecule has 0 aliphatic rings. The molecule has 0 unspecified atom stereocenters. The van der Waals surface area contributed by atoms with Gasteiger partial charge in [0.15, 0.2) is 0 Å². The van der Waals surface area contributed by atoms with Crippen molar-refractivity contribution in [3.8, 4) is 17.2 Å². The van der Waals surface area contributed by atoms with Crippen molar-refractivity contribution in [2.45, 2.75) is 13.5 Å². The molecule has 0 spiro atoms. The van der Waals surface area contributed by atoms with Gasteiger partial charge in [-0.1, -0.05) is 24.3 Å². The van der Waals surface area contributed by atoms with Gasteiger partial charge in [-0.3, -0.25) is 0 Å². The topological polar surface area (TPSA) is 62.6 Å². The zero-order valence-corrected chi connectivity index (χ0v) is 17.1. The van der Waals surface area contributed by atoms with Crippen molar-refractivity contribution in [1.82, 2.24) is 9.55 Å². The van der Waals surface area contributed by atoms with Crippen LogP contribution in [0.2, 0.25) is 0 Å². The van der Waals surface area contributed by atoms with E-state index >= 15 is 0 Å². The molecule has 6 nitrogen and oxygen atoms in total. The minimum atomic E-state index is -0.399. The number of methoxy groups -OCH3 is 1. The van der Waals surface area contributed by atoms with Crippen LogP contribution in [-0.4, -0.2) is 22.6 Å². The first-order valence-electron chi connectivity index (χ1n) is 9.55. The van der Waals surface area contributed by atoms with Crippen LogP contribution in [0.25, 0.3) is 11.0 Å². The van der Waals surface area contributed by atoms with Crippen molar-refractivity contribution in [3.05, 3.63) is 83.7 Å². The quantitative estimate of drug-likeness (QED) is 0.423. The number of para-hydroxylation sites is 1. The number of rotatable bonds is 6. The largest absolute Gasteiger partial charge is 0.486 e. The fourth-order valence-electron chi connectivity index (χ4n) is 3.19. The molecule has 3 aromatic carbocycles. The van der Waals surface area contributed by atoms with E-state index in [4.69, 9.17) is 14.2 Å². The molecule has 4 aromatic rings. The van der Waals surface area contributed by atoms with Gasteiger partial charge in [-0.2, -0.15) is 0 Å². The molecule has 0 aliphatic carbocycles. The Morgan fingerprint density at radius 3 is 2.63 bits per heavy atom. The number of esters is 1. The van der Waals surface area contributed by atoms with Gasteiger partial charge < -0.3 is 18.8 Å². The van der Waals surface area contributed by atoms with Gasteiger partial charge >= 0.3 is 5.97 Å². The number of ether oxygens (including phenoxy) is 3. The Morgan fingerprint density at radius 2 is 1.83 bits per heavy atom. The maximum absolute atomic E-state index is 11.7. The summed E-state index contributed by atoms with van der Waals surface area (Å²) in [6.45, 7) is 2.28. The molecule has 1 aromatic heterocycles. The van der Waals surface area contributed by atoms with Gasteiger partial charge in [-0.05, 0) is 48.9 Å². The smallest absolute Gasteiger partial charge is 0.337 e. The third kappa shape index (κ3) is 3.98. The second-order valence-electron chi connectivity index (χ2n) is 6.91. The van der Waals surface area contributed by atoms with Crippen LogP contribution in [-0.2, 0) is 18.4 Å². The summed E-state index contributed by atoms with van der Waals surface area (Å²) in [7, 11) is 3.29. The van der Waals surface area contributed by atoms with Crippen molar-refractivity contribution in [3.63, 3.8) is 0 Å². The Kier molecular flexibility index (Phi) is 5.39. The Balaban J connectivity index is 1.54. The summed E-state index contributed by atoms with van der Waals surface area (Å²) >= 11 is 0. The number of hydrogen-bond acceptors (Lipinski definition) is 5. The fraction of sp³-hybridized carbons (Fsp3) is 0.167. The summed E-state index contributed by atoms with van der Waals surface area (Å²) in [6.07, 6.45) is 0. The second kappa shape index (κ2) is 8.29. The van der Waals surface area contributed by atoms with E-state index in [9.17, 15) is 4.79 Å². The summed E-state index contributed by atoms with van der Waals surface area (Å²) in [5, 5.41) is 0. The Bertz CT molecular complexity index is 1210. The zero-order chi connectivity index (χ0) is 21.1. The van der Waals surface area contributed by atoms with Crippen LogP contribution in [0.1, 0.15) is 21.7 Å². The predicted octanol–water partition coefficient (Wildman–Crippen LogP) is 5.04. The van der Waals surface area contributed by atoms with Crippen LogP contribution >= 0.6 is 0 Å². The molecular formula is C24H22N2O4. The van der Waals surface area contributed by atoms with E-state index in [1.54, 1.807) is 24.3 Å². The monoisotopic (exact) mass is 402 g/mol. The fourth-order valence-corrected chi connectivity index (χ4v) is 3.19. The summed E-state index contributed by atoms with van der Waals surface area (Å²) < 4.78 is 18.6. The molecular weight excluding hydrogens is 380 g/mol. The number of nitrogens with zero attached hydrogens (tertiary/aromatic N) is 2. The molecule has 30 heavy (non-hydrogen) atoms. The number of carbonyl (C=O) groups is 1. The maximum atomic E-state index is 11.7. The van der Waals surface area contributed by atoms with Crippen LogP contribution in [0.15, 0.2) is 66.7 Å². The molecule has 0 atom stereocenters. The molecule has 0 aliphatic heterocycles. The molecule has 4 rings (SSSR count). The molecule has 0 amide bonds. The Morgan fingerprint density at radius 1 is 1.00 bits per heavy atom. The summed E-state index contributed by atoms with van der Waals surface area (Å²) in [5.41, 5.74) is 3.32. The normalized spacial score (nSPS) is 10.8. The number of aromatic nitrogens is 2. The molecule has 152 valence electrons. The van der Waals surface area contributed by atoms with E-state index in [1.165, 1.54) is 7.11 Å². The number of aryl methyl sites for hydroxylation is 2. The highest BCUT2D eigenvalue weighted by Crippen LogP contribution is 2.28. The van der Waals surface area contributed by atoms with Gasteiger partial charge in [0.25, 0.3) is 0 Å². The van der Waals surface area contributed by atoms with Crippen molar-refractivity contribution < 1.29 is 19.0 Å². The lowest BCUT2D eigenvalue weighted by molar-refractivity contribution is 0.0600. The van der Waals surface area contributed by atoms with Crippen molar-refractivity contribution in [2.75, 3.05) is 7.11 Å². The van der Waals surface area contributed by atoms with Gasteiger partial charge in [0.1, 0.15) is 29.7 Å². The van der Waals surface area contributed by atoms with Gasteiger partial charge in [0.2, 0.25) is 0 Å². The number of hydrogen-bond donors (Lipinski definition) is 0. The van der Waals surface area contributed by atoms with Crippen LogP contribution < -0.4 is 9.47 Å². The lowest BCUT2D eigenvalue weighted by atomic mass is 10.2. The van der Waals surface area contributed by atoms with E-state index in [0.717, 1.165) is 33.9 Å². The minimum Gasteiger partial charge on any atom is -0.486 e. The highest BCUT2D eigenvalue weighted by atomic mass is 16.5. The zero-order valence-electron chi connectivity index (χ0n) is 17.1. The van der Waals surface area contributed by atoms with E-state index in [0.29, 0.717) is 11.3 Å². The van der Waals surface area contributed by atoms with Crippen molar-refractivity contribution >= 4 is 17.0 Å². The molecule has 0 fully saturated rings. The second-order valence-corrected chi connectivity index (χ2v) is 6.91. The average molecular weight is 402 g/mol. The van der Waals surface area contributed by atoms with Gasteiger partial charge in [-0.25, -0.2) is 9.78 Å². The van der Waals surface area contributed by atoms with Gasteiger partial charge in [0, 0.05) is 13.1 Å². The first-order valence-corrected chi connectivity index (χ1v) is 9.55. The first-order chi connectivity index (χ1) is 14.5. The highest BCUT2D eigenvalue weighted by molar-refractivity contribution is 5.89. The molecule has 6 heteroatoms. The maximum Gasteiger partial charge on any atom is 0.337 e. The van der Waals surface area contributed by atoms with E-state index in [-0.39, 0.29) is 6.61 Å². The molecule has 0 saturated heterocycles. The lowest BCUT2D eigenvalue weighted by Gasteiger charge is -2.09. The van der Waals surface area contributed by atoms with Gasteiger partial charge in [-0.15, -0.1) is 0 Å². The minimum absolute atomic E-state index is 0.268. The molecule has 0 bridgehead atoms. The number of fused-ring (bicyclic) bond motifs is 1. The molecule has 0 saturated carbocycles. The van der Waals surface area contributed by atoms with E-state index in [2.05, 4.69) is 4.98 Å². The number of benzene rings is 3. The summed E-state index contributed by atoms with van der Waals surface area (Å²) in [4.78, 5) is 16.3. The summed E-state index contributed by atoms with van der Waals surface area (Å²) in [6, 6.07) is 20.6. The van der Waals surface area contributed by atoms with Crippen molar-refractivity contribution in [1.29, 1.82) is 0 Å². The van der Waals surface area contributed by atoms with Crippen LogP contribution in [0, 0.1) is 6.92 Å². The standard InChI is InChI=1S/C24H22N2O4/c1-16-7-4-5-10-22(16)30-19-11-12-20-21(14-19)26(2)23(25-20)15-29-18-9-6-8-17(13-18)24(27)28-3/h4-14H,15H2,1-3H3. The molecule has 0 radical (unpaired) electrons. The average Bonchev–Trinajstić information content (AvgIpc) is 3.08. The first kappa shape index (κ1) is 19.5. The number of imidazole rings is 1. The lowest BCUT2D eigenvalue weighted by Crippen LogP contribution is -2.05. The van der Waals surface area contributed by atoms with Crippen LogP contribution in [0.4, 0.5) is 0 Å². The third-order valence-corrected chi connectivity index (χ3v) is 4.89. The third-order valence-electron chi connectivity index (χ3n) is 4.89. The van der Waals surface area contributed by atoms with Crippen LogP contribution in [0.3, 0.4) is 0 Å². The molecule has 0 N–H and O–H groups in total. The number of carbonyl (C=O) groups excluding carboxylic acids is 1. The Labute approximate surface area is 174 Å². The van der Waals surface area contributed by atoms with E-state index < -0.39 is 5.97 Å². The SMILES string of the molecule is COC(=O)c1cccc(OCc2nc3ccc(Oc4ccccc4C)cc3n2C)c1. The van der Waals surface area contributed by atoms with Crippen LogP contribution in [0.5, 0.6) is 17.2 Å². The molecule has 1 heterocycles. The Hall–Kier alpha value is -3.80.